The molecule has 0 bridgehead atoms. The second-order valence-electron chi connectivity index (χ2n) is 6.37. The van der Waals surface area contributed by atoms with Gasteiger partial charge in [0.1, 0.15) is 0 Å². The summed E-state index contributed by atoms with van der Waals surface area (Å²) in [6.07, 6.45) is 0.720. The lowest BCUT2D eigenvalue weighted by atomic mass is 10.2. The summed E-state index contributed by atoms with van der Waals surface area (Å²) in [5.74, 6) is 0.0428. The average molecular weight is 348 g/mol. The lowest BCUT2D eigenvalue weighted by Crippen LogP contribution is -2.42. The molecule has 8 heteroatoms. The first-order chi connectivity index (χ1) is 11.9. The summed E-state index contributed by atoms with van der Waals surface area (Å²) in [7, 11) is 0. The molecule has 1 aliphatic heterocycles. The Labute approximate surface area is 146 Å². The molecule has 0 aromatic heterocycles. The van der Waals surface area contributed by atoms with Gasteiger partial charge in [-0.2, -0.15) is 0 Å². The monoisotopic (exact) mass is 348 g/mol. The standard InChI is InChI=1S/C17H24N4O4/c1-13(2)16(22)19-8-5-9-20(11-10-19)17(23)18-12-14-6-3-4-7-15(14)21(24)25/h3-4,6-7,13H,5,8-12H2,1-2H3,(H,18,23). The largest absolute Gasteiger partial charge is 0.341 e. The smallest absolute Gasteiger partial charge is 0.317 e. The molecule has 8 nitrogen and oxygen atoms in total. The Morgan fingerprint density at radius 1 is 1.16 bits per heavy atom. The third kappa shape index (κ3) is 4.91. The second kappa shape index (κ2) is 8.46. The zero-order valence-electron chi connectivity index (χ0n) is 14.6. The van der Waals surface area contributed by atoms with Crippen LogP contribution in [0.25, 0.3) is 0 Å². The van der Waals surface area contributed by atoms with E-state index in [0.29, 0.717) is 31.7 Å². The summed E-state index contributed by atoms with van der Waals surface area (Å²) in [4.78, 5) is 38.4. The van der Waals surface area contributed by atoms with Crippen LogP contribution < -0.4 is 5.32 Å². The van der Waals surface area contributed by atoms with Crippen molar-refractivity contribution in [3.8, 4) is 0 Å². The Kier molecular flexibility index (Phi) is 6.32. The third-order valence-electron chi connectivity index (χ3n) is 4.21. The molecule has 136 valence electrons. The van der Waals surface area contributed by atoms with Crippen molar-refractivity contribution in [1.29, 1.82) is 0 Å². The highest BCUT2D eigenvalue weighted by atomic mass is 16.6. The number of carbonyl (C=O) groups excluding carboxylic acids is 2. The fourth-order valence-corrected chi connectivity index (χ4v) is 2.83. The zero-order valence-corrected chi connectivity index (χ0v) is 14.6. The van der Waals surface area contributed by atoms with E-state index in [1.807, 2.05) is 13.8 Å². The molecular weight excluding hydrogens is 324 g/mol. The van der Waals surface area contributed by atoms with Crippen molar-refractivity contribution in [2.75, 3.05) is 26.2 Å². The van der Waals surface area contributed by atoms with Gasteiger partial charge in [0, 0.05) is 43.7 Å². The number of nitro benzene ring substituents is 1. The third-order valence-corrected chi connectivity index (χ3v) is 4.21. The van der Waals surface area contributed by atoms with Crippen LogP contribution in [0.5, 0.6) is 0 Å². The molecule has 0 spiro atoms. The Hall–Kier alpha value is -2.64. The number of nitrogens with zero attached hydrogens (tertiary/aromatic N) is 3. The average Bonchev–Trinajstić information content (AvgIpc) is 2.85. The van der Waals surface area contributed by atoms with E-state index in [9.17, 15) is 19.7 Å². The SMILES string of the molecule is CC(C)C(=O)N1CCCN(C(=O)NCc2ccccc2[N+](=O)[O-])CC1. The number of amides is 3. The summed E-state index contributed by atoms with van der Waals surface area (Å²) in [5, 5.41) is 13.8. The van der Waals surface area contributed by atoms with Gasteiger partial charge in [-0.25, -0.2) is 4.79 Å². The molecule has 0 aliphatic carbocycles. The lowest BCUT2D eigenvalue weighted by Gasteiger charge is -2.23. The summed E-state index contributed by atoms with van der Waals surface area (Å²) in [6.45, 7) is 6.00. The van der Waals surface area contributed by atoms with E-state index in [4.69, 9.17) is 0 Å². The van der Waals surface area contributed by atoms with Crippen molar-refractivity contribution in [3.05, 3.63) is 39.9 Å². The van der Waals surface area contributed by atoms with E-state index < -0.39 is 4.92 Å². The number of nitro groups is 1. The first-order valence-corrected chi connectivity index (χ1v) is 8.44. The van der Waals surface area contributed by atoms with Crippen LogP contribution in [0.4, 0.5) is 10.5 Å². The van der Waals surface area contributed by atoms with E-state index in [2.05, 4.69) is 5.32 Å². The molecule has 1 saturated heterocycles. The fourth-order valence-electron chi connectivity index (χ4n) is 2.83. The maximum absolute atomic E-state index is 12.4. The number of rotatable bonds is 4. The lowest BCUT2D eigenvalue weighted by molar-refractivity contribution is -0.385. The number of urea groups is 1. The number of hydrogen-bond acceptors (Lipinski definition) is 4. The molecule has 3 amide bonds. The summed E-state index contributed by atoms with van der Waals surface area (Å²) in [6, 6.07) is 6.08. The molecule has 1 heterocycles. The van der Waals surface area contributed by atoms with Crippen LogP contribution in [0.1, 0.15) is 25.8 Å². The normalized spacial score (nSPS) is 15.0. The van der Waals surface area contributed by atoms with Gasteiger partial charge in [-0.05, 0) is 6.42 Å². The van der Waals surface area contributed by atoms with Gasteiger partial charge in [-0.15, -0.1) is 0 Å². The molecule has 1 aliphatic rings. The molecule has 1 aromatic rings. The number of hydrogen-bond donors (Lipinski definition) is 1. The van der Waals surface area contributed by atoms with Crippen LogP contribution in [0.15, 0.2) is 24.3 Å². The van der Waals surface area contributed by atoms with Crippen LogP contribution in [0.3, 0.4) is 0 Å². The van der Waals surface area contributed by atoms with Gasteiger partial charge in [-0.3, -0.25) is 14.9 Å². The number of nitrogens with one attached hydrogen (secondary N) is 1. The van der Waals surface area contributed by atoms with Crippen molar-refractivity contribution in [2.24, 2.45) is 5.92 Å². The van der Waals surface area contributed by atoms with Gasteiger partial charge in [-0.1, -0.05) is 32.0 Å². The first-order valence-electron chi connectivity index (χ1n) is 8.44. The zero-order chi connectivity index (χ0) is 18.4. The highest BCUT2D eigenvalue weighted by molar-refractivity contribution is 5.78. The molecule has 2 rings (SSSR count). The number of para-hydroxylation sites is 1. The second-order valence-corrected chi connectivity index (χ2v) is 6.37. The van der Waals surface area contributed by atoms with E-state index in [1.54, 1.807) is 28.0 Å². The van der Waals surface area contributed by atoms with Crippen molar-refractivity contribution < 1.29 is 14.5 Å². The van der Waals surface area contributed by atoms with E-state index in [1.165, 1.54) is 6.07 Å². The van der Waals surface area contributed by atoms with E-state index >= 15 is 0 Å². The molecule has 0 radical (unpaired) electrons. The highest BCUT2D eigenvalue weighted by Crippen LogP contribution is 2.17. The summed E-state index contributed by atoms with van der Waals surface area (Å²) >= 11 is 0. The highest BCUT2D eigenvalue weighted by Gasteiger charge is 2.23. The van der Waals surface area contributed by atoms with Crippen LogP contribution >= 0.6 is 0 Å². The van der Waals surface area contributed by atoms with Gasteiger partial charge in [0.25, 0.3) is 5.69 Å². The molecule has 1 N–H and O–H groups in total. The Morgan fingerprint density at radius 3 is 2.48 bits per heavy atom. The molecule has 0 saturated carbocycles. The van der Waals surface area contributed by atoms with E-state index in [-0.39, 0.29) is 30.1 Å². The van der Waals surface area contributed by atoms with Gasteiger partial charge < -0.3 is 15.1 Å². The van der Waals surface area contributed by atoms with Gasteiger partial charge >= 0.3 is 6.03 Å². The quantitative estimate of drug-likeness (QED) is 0.665. The van der Waals surface area contributed by atoms with Gasteiger partial charge in [0.05, 0.1) is 11.5 Å². The summed E-state index contributed by atoms with van der Waals surface area (Å²) < 4.78 is 0. The molecule has 25 heavy (non-hydrogen) atoms. The molecule has 0 unspecified atom stereocenters. The minimum Gasteiger partial charge on any atom is -0.341 e. The topological polar surface area (TPSA) is 95.8 Å². The molecule has 1 fully saturated rings. The van der Waals surface area contributed by atoms with E-state index in [0.717, 1.165) is 6.42 Å². The van der Waals surface area contributed by atoms with Crippen LogP contribution in [-0.2, 0) is 11.3 Å². The molecule has 1 aromatic carbocycles. The predicted molar refractivity (Wildman–Crippen MR) is 92.9 cm³/mol. The fraction of sp³-hybridized carbons (Fsp3) is 0.529. The molecular formula is C17H24N4O4. The predicted octanol–water partition coefficient (Wildman–Crippen LogP) is 1.99. The number of benzene rings is 1. The maximum Gasteiger partial charge on any atom is 0.317 e. The van der Waals surface area contributed by atoms with Crippen LogP contribution in [-0.4, -0.2) is 52.8 Å². The van der Waals surface area contributed by atoms with Crippen molar-refractivity contribution in [3.63, 3.8) is 0 Å². The molecule has 0 atom stereocenters. The maximum atomic E-state index is 12.4. The summed E-state index contributed by atoms with van der Waals surface area (Å²) in [5.41, 5.74) is 0.458. The Bertz CT molecular complexity index is 647. The Morgan fingerprint density at radius 2 is 1.80 bits per heavy atom. The van der Waals surface area contributed by atoms with Gasteiger partial charge in [0.2, 0.25) is 5.91 Å². The number of carbonyl (C=O) groups is 2. The van der Waals surface area contributed by atoms with Crippen molar-refractivity contribution in [1.82, 2.24) is 15.1 Å². The van der Waals surface area contributed by atoms with Crippen LogP contribution in [0.2, 0.25) is 0 Å². The first kappa shape index (κ1) is 18.7. The Balaban J connectivity index is 1.91. The van der Waals surface area contributed by atoms with Crippen molar-refractivity contribution in [2.45, 2.75) is 26.8 Å². The minimum atomic E-state index is -0.456. The van der Waals surface area contributed by atoms with Crippen LogP contribution in [0, 0.1) is 16.0 Å². The van der Waals surface area contributed by atoms with Gasteiger partial charge in [0.15, 0.2) is 0 Å². The van der Waals surface area contributed by atoms with Crippen molar-refractivity contribution >= 4 is 17.6 Å². The minimum absolute atomic E-state index is 0.00706.